The fourth-order valence-electron chi connectivity index (χ4n) is 2.34. The molecule has 2 heterocycles. The minimum Gasteiger partial charge on any atom is -0.484 e. The van der Waals surface area contributed by atoms with Crippen molar-refractivity contribution in [1.82, 2.24) is 4.90 Å². The van der Waals surface area contributed by atoms with Crippen LogP contribution >= 0.6 is 0 Å². The summed E-state index contributed by atoms with van der Waals surface area (Å²) in [7, 11) is 0. The lowest BCUT2D eigenvalue weighted by Crippen LogP contribution is -2.57. The maximum Gasteiger partial charge on any atom is 0.410 e. The van der Waals surface area contributed by atoms with Crippen LogP contribution in [0.4, 0.5) is 14.9 Å². The van der Waals surface area contributed by atoms with Crippen molar-refractivity contribution in [2.24, 2.45) is 0 Å². The predicted octanol–water partition coefficient (Wildman–Crippen LogP) is 2.15. The molecule has 0 atom stereocenters. The molecule has 2 aliphatic rings. The summed E-state index contributed by atoms with van der Waals surface area (Å²) in [5.41, 5.74) is -0.197. The van der Waals surface area contributed by atoms with Crippen LogP contribution in [0.3, 0.4) is 0 Å². The van der Waals surface area contributed by atoms with E-state index in [1.165, 1.54) is 17.0 Å². The minimum absolute atomic E-state index is 0.00777. The summed E-state index contributed by atoms with van der Waals surface area (Å²) in [5.74, 6) is -0.614. The van der Waals surface area contributed by atoms with E-state index in [0.29, 0.717) is 18.8 Å². The highest BCUT2D eigenvalue weighted by Crippen LogP contribution is 2.35. The standard InChI is InChI=1S/C16H19FN2O5/c1-16(2,3)24-15(21)19-6-9(7-19)23-12-5-11-13(4-10(12)17)22-8-14(20)18-11/h4-5,9H,6-8H2,1-3H3,(H,18,20). The number of anilines is 1. The summed E-state index contributed by atoms with van der Waals surface area (Å²) in [6.45, 7) is 5.86. The van der Waals surface area contributed by atoms with Crippen LogP contribution in [0.15, 0.2) is 12.1 Å². The first kappa shape index (κ1) is 16.4. The highest BCUT2D eigenvalue weighted by molar-refractivity contribution is 5.95. The van der Waals surface area contributed by atoms with E-state index in [0.717, 1.165) is 0 Å². The molecule has 0 saturated carbocycles. The summed E-state index contributed by atoms with van der Waals surface area (Å²) in [6.07, 6.45) is -0.751. The third kappa shape index (κ3) is 3.52. The molecule has 1 aromatic carbocycles. The number of halogens is 1. The number of ether oxygens (including phenoxy) is 3. The van der Waals surface area contributed by atoms with Gasteiger partial charge in [-0.1, -0.05) is 0 Å². The average Bonchev–Trinajstić information content (AvgIpc) is 2.41. The molecule has 1 aromatic rings. The molecular formula is C16H19FN2O5. The number of rotatable bonds is 2. The first-order valence-electron chi connectivity index (χ1n) is 7.62. The normalized spacial score (nSPS) is 17.3. The van der Waals surface area contributed by atoms with Crippen LogP contribution in [0.1, 0.15) is 20.8 Å². The fourth-order valence-corrected chi connectivity index (χ4v) is 2.34. The number of nitrogens with one attached hydrogen (secondary N) is 1. The van der Waals surface area contributed by atoms with Crippen LogP contribution in [0.2, 0.25) is 0 Å². The Balaban J connectivity index is 1.59. The molecule has 24 heavy (non-hydrogen) atoms. The molecule has 0 unspecified atom stereocenters. The van der Waals surface area contributed by atoms with Crippen LogP contribution in [-0.2, 0) is 9.53 Å². The lowest BCUT2D eigenvalue weighted by molar-refractivity contribution is -0.118. The second-order valence-corrected chi connectivity index (χ2v) is 6.74. The number of nitrogens with zero attached hydrogens (tertiary/aromatic N) is 1. The van der Waals surface area contributed by atoms with Crippen LogP contribution < -0.4 is 14.8 Å². The molecule has 1 saturated heterocycles. The quantitative estimate of drug-likeness (QED) is 0.894. The number of carbonyl (C=O) groups is 2. The van der Waals surface area contributed by atoms with Crippen molar-refractivity contribution in [2.45, 2.75) is 32.5 Å². The first-order valence-corrected chi connectivity index (χ1v) is 7.62. The lowest BCUT2D eigenvalue weighted by Gasteiger charge is -2.39. The van der Waals surface area contributed by atoms with E-state index in [1.807, 2.05) is 0 Å². The van der Waals surface area contributed by atoms with E-state index in [4.69, 9.17) is 14.2 Å². The summed E-state index contributed by atoms with van der Waals surface area (Å²) in [5, 5.41) is 2.59. The third-order valence-corrected chi connectivity index (χ3v) is 3.46. The van der Waals surface area contributed by atoms with E-state index in [1.54, 1.807) is 20.8 Å². The van der Waals surface area contributed by atoms with Crippen molar-refractivity contribution in [3.05, 3.63) is 17.9 Å². The van der Waals surface area contributed by atoms with Gasteiger partial charge in [-0.05, 0) is 20.8 Å². The zero-order valence-corrected chi connectivity index (χ0v) is 13.7. The van der Waals surface area contributed by atoms with Gasteiger partial charge in [0.15, 0.2) is 18.2 Å². The smallest absolute Gasteiger partial charge is 0.410 e. The molecule has 0 bridgehead atoms. The van der Waals surface area contributed by atoms with Gasteiger partial charge in [0.05, 0.1) is 18.8 Å². The molecule has 0 spiro atoms. The number of benzene rings is 1. The van der Waals surface area contributed by atoms with Crippen molar-refractivity contribution in [1.29, 1.82) is 0 Å². The van der Waals surface area contributed by atoms with Crippen LogP contribution in [-0.4, -0.2) is 48.3 Å². The van der Waals surface area contributed by atoms with Gasteiger partial charge in [0.1, 0.15) is 17.5 Å². The van der Waals surface area contributed by atoms with Gasteiger partial charge in [-0.25, -0.2) is 9.18 Å². The van der Waals surface area contributed by atoms with E-state index >= 15 is 0 Å². The van der Waals surface area contributed by atoms with E-state index < -0.39 is 17.5 Å². The maximum atomic E-state index is 14.1. The van der Waals surface area contributed by atoms with E-state index in [9.17, 15) is 14.0 Å². The minimum atomic E-state index is -0.583. The molecule has 3 rings (SSSR count). The van der Waals surface area contributed by atoms with Gasteiger partial charge in [-0.3, -0.25) is 4.79 Å². The van der Waals surface area contributed by atoms with Gasteiger partial charge in [0, 0.05) is 12.1 Å². The molecule has 0 aromatic heterocycles. The Bertz CT molecular complexity index is 680. The van der Waals surface area contributed by atoms with Crippen LogP contribution in [0.25, 0.3) is 0 Å². The number of hydrogen-bond donors (Lipinski definition) is 1. The molecule has 2 amide bonds. The predicted molar refractivity (Wildman–Crippen MR) is 82.7 cm³/mol. The summed E-state index contributed by atoms with van der Waals surface area (Å²) in [6, 6.07) is 2.56. The zero-order valence-electron chi connectivity index (χ0n) is 13.7. The number of fused-ring (bicyclic) bond motifs is 1. The number of hydrogen-bond acceptors (Lipinski definition) is 5. The monoisotopic (exact) mass is 338 g/mol. The van der Waals surface area contributed by atoms with Gasteiger partial charge in [0.2, 0.25) is 0 Å². The first-order chi connectivity index (χ1) is 11.2. The molecule has 2 aliphatic heterocycles. The Labute approximate surface area is 138 Å². The zero-order chi connectivity index (χ0) is 17.5. The molecular weight excluding hydrogens is 319 g/mol. The van der Waals surface area contributed by atoms with Gasteiger partial charge in [0.25, 0.3) is 5.91 Å². The number of amides is 2. The summed E-state index contributed by atoms with van der Waals surface area (Å²) in [4.78, 5) is 24.6. The highest BCUT2D eigenvalue weighted by atomic mass is 19.1. The molecule has 0 aliphatic carbocycles. The Hall–Kier alpha value is -2.51. The highest BCUT2D eigenvalue weighted by Gasteiger charge is 2.35. The lowest BCUT2D eigenvalue weighted by atomic mass is 10.1. The maximum absolute atomic E-state index is 14.1. The van der Waals surface area contributed by atoms with E-state index in [-0.39, 0.29) is 30.1 Å². The fraction of sp³-hybridized carbons (Fsp3) is 0.500. The molecule has 1 fully saturated rings. The topological polar surface area (TPSA) is 77.1 Å². The Morgan fingerprint density at radius 3 is 2.75 bits per heavy atom. The summed E-state index contributed by atoms with van der Waals surface area (Å²) < 4.78 is 30.0. The Morgan fingerprint density at radius 1 is 1.38 bits per heavy atom. The molecule has 7 nitrogen and oxygen atoms in total. The van der Waals surface area contributed by atoms with Crippen molar-refractivity contribution < 1.29 is 28.2 Å². The largest absolute Gasteiger partial charge is 0.484 e. The number of likely N-dealkylation sites (tertiary alicyclic amines) is 1. The van der Waals surface area contributed by atoms with Gasteiger partial charge in [-0.15, -0.1) is 0 Å². The molecule has 1 N–H and O–H groups in total. The van der Waals surface area contributed by atoms with Gasteiger partial charge >= 0.3 is 6.09 Å². The van der Waals surface area contributed by atoms with Gasteiger partial charge in [-0.2, -0.15) is 0 Å². The van der Waals surface area contributed by atoms with Gasteiger partial charge < -0.3 is 24.4 Å². The van der Waals surface area contributed by atoms with Crippen molar-refractivity contribution in [2.75, 3.05) is 25.0 Å². The molecule has 130 valence electrons. The second-order valence-electron chi connectivity index (χ2n) is 6.74. The Kier molecular flexibility index (Phi) is 3.98. The SMILES string of the molecule is CC(C)(C)OC(=O)N1CC(Oc2cc3c(cc2F)OCC(=O)N3)C1. The van der Waals surface area contributed by atoms with Crippen LogP contribution in [0.5, 0.6) is 11.5 Å². The Morgan fingerprint density at radius 2 is 2.08 bits per heavy atom. The average molecular weight is 338 g/mol. The van der Waals surface area contributed by atoms with Crippen molar-refractivity contribution in [3.8, 4) is 11.5 Å². The van der Waals surface area contributed by atoms with Crippen molar-refractivity contribution in [3.63, 3.8) is 0 Å². The third-order valence-electron chi connectivity index (χ3n) is 3.46. The van der Waals surface area contributed by atoms with Crippen LogP contribution in [0, 0.1) is 5.82 Å². The number of carbonyl (C=O) groups excluding carboxylic acids is 2. The van der Waals surface area contributed by atoms with E-state index in [2.05, 4.69) is 5.32 Å². The molecule has 8 heteroatoms. The summed E-state index contributed by atoms with van der Waals surface area (Å²) >= 11 is 0. The molecule has 0 radical (unpaired) electrons. The second kappa shape index (κ2) is 5.85. The van der Waals surface area contributed by atoms with Crippen molar-refractivity contribution >= 4 is 17.7 Å².